The number of nitrogens with zero attached hydrogens (tertiary/aromatic N) is 2. The Hall–Kier alpha value is -3.15. The Labute approximate surface area is 185 Å². The number of rotatable bonds is 6. The number of aromatic nitrogens is 2. The number of hydrogen-bond donors (Lipinski definition) is 1. The highest BCUT2D eigenvalue weighted by Crippen LogP contribution is 2.29. The summed E-state index contributed by atoms with van der Waals surface area (Å²) in [4.78, 5) is 17.8. The van der Waals surface area contributed by atoms with Gasteiger partial charge in [-0.2, -0.15) is 0 Å². The molecule has 0 saturated carbocycles. The van der Waals surface area contributed by atoms with Crippen LogP contribution in [-0.4, -0.2) is 28.1 Å². The zero-order valence-corrected chi connectivity index (χ0v) is 17.7. The van der Waals surface area contributed by atoms with Crippen LogP contribution in [0.2, 0.25) is 0 Å². The highest BCUT2D eigenvalue weighted by Gasteiger charge is 2.26. The molecule has 156 valence electrons. The molecule has 1 aliphatic heterocycles. The SMILES string of the molecule is O=C1N[C@@H](COCc2ccccc2)Cn2c(-c3ccc(CCl)cc3)nc3cccc1c32. The molecule has 0 radical (unpaired) electrons. The molecule has 1 atom stereocenters. The number of ether oxygens (including phenoxy) is 1. The first-order valence-electron chi connectivity index (χ1n) is 10.3. The quantitative estimate of drug-likeness (QED) is 0.447. The molecule has 31 heavy (non-hydrogen) atoms. The first-order valence-corrected chi connectivity index (χ1v) is 10.8. The van der Waals surface area contributed by atoms with Crippen molar-refractivity contribution in [2.75, 3.05) is 6.61 Å². The van der Waals surface area contributed by atoms with E-state index in [1.807, 2.05) is 72.8 Å². The molecule has 1 N–H and O–H groups in total. The van der Waals surface area contributed by atoms with Crippen molar-refractivity contribution in [3.8, 4) is 11.4 Å². The summed E-state index contributed by atoms with van der Waals surface area (Å²) >= 11 is 5.95. The molecule has 3 aromatic carbocycles. The summed E-state index contributed by atoms with van der Waals surface area (Å²) in [6.45, 7) is 1.51. The van der Waals surface area contributed by atoms with Gasteiger partial charge in [0.15, 0.2) is 0 Å². The molecule has 1 aromatic heterocycles. The van der Waals surface area contributed by atoms with Gasteiger partial charge in [0.1, 0.15) is 5.82 Å². The molecule has 0 fully saturated rings. The van der Waals surface area contributed by atoms with E-state index in [-0.39, 0.29) is 11.9 Å². The minimum atomic E-state index is -0.165. The molecule has 5 nitrogen and oxygen atoms in total. The Morgan fingerprint density at radius 3 is 2.58 bits per heavy atom. The average molecular weight is 432 g/mol. The van der Waals surface area contributed by atoms with Gasteiger partial charge in [-0.1, -0.05) is 60.7 Å². The summed E-state index contributed by atoms with van der Waals surface area (Å²) in [5.74, 6) is 1.22. The van der Waals surface area contributed by atoms with E-state index in [2.05, 4.69) is 9.88 Å². The summed E-state index contributed by atoms with van der Waals surface area (Å²) in [6.07, 6.45) is 0. The van der Waals surface area contributed by atoms with Crippen molar-refractivity contribution < 1.29 is 9.53 Å². The van der Waals surface area contributed by atoms with E-state index in [0.717, 1.165) is 33.5 Å². The maximum atomic E-state index is 12.9. The van der Waals surface area contributed by atoms with E-state index in [0.29, 0.717) is 31.2 Å². The van der Waals surface area contributed by atoms with E-state index < -0.39 is 0 Å². The Balaban J connectivity index is 1.47. The summed E-state index contributed by atoms with van der Waals surface area (Å²) in [6, 6.07) is 23.6. The summed E-state index contributed by atoms with van der Waals surface area (Å²) in [5.41, 5.74) is 5.48. The van der Waals surface area contributed by atoms with Crippen molar-refractivity contribution in [2.24, 2.45) is 0 Å². The van der Waals surface area contributed by atoms with Crippen LogP contribution in [0, 0.1) is 0 Å². The number of halogens is 1. The van der Waals surface area contributed by atoms with Crippen LogP contribution in [0.3, 0.4) is 0 Å². The number of benzene rings is 3. The van der Waals surface area contributed by atoms with Crippen LogP contribution in [0.4, 0.5) is 0 Å². The van der Waals surface area contributed by atoms with Crippen LogP contribution in [0.1, 0.15) is 21.5 Å². The molecule has 1 aliphatic rings. The number of alkyl halides is 1. The van der Waals surface area contributed by atoms with Crippen molar-refractivity contribution >= 4 is 28.5 Å². The van der Waals surface area contributed by atoms with Gasteiger partial charge in [0.25, 0.3) is 5.91 Å². The first-order chi connectivity index (χ1) is 15.2. The number of imidazole rings is 1. The lowest BCUT2D eigenvalue weighted by molar-refractivity contribution is 0.0784. The third kappa shape index (κ3) is 3.94. The van der Waals surface area contributed by atoms with Crippen LogP contribution in [0.15, 0.2) is 72.8 Å². The third-order valence-corrected chi connectivity index (χ3v) is 5.86. The van der Waals surface area contributed by atoms with Crippen molar-refractivity contribution in [1.82, 2.24) is 14.9 Å². The van der Waals surface area contributed by atoms with E-state index >= 15 is 0 Å². The minimum Gasteiger partial charge on any atom is -0.375 e. The molecular weight excluding hydrogens is 410 g/mol. The van der Waals surface area contributed by atoms with E-state index in [1.54, 1.807) is 0 Å². The number of carbonyl (C=O) groups excluding carboxylic acids is 1. The third-order valence-electron chi connectivity index (χ3n) is 5.55. The molecule has 4 aromatic rings. The minimum absolute atomic E-state index is 0.0957. The zero-order chi connectivity index (χ0) is 21.2. The second kappa shape index (κ2) is 8.53. The lowest BCUT2D eigenvalue weighted by atomic mass is 10.1. The van der Waals surface area contributed by atoms with Gasteiger partial charge in [0, 0.05) is 18.0 Å². The lowest BCUT2D eigenvalue weighted by Gasteiger charge is -2.18. The van der Waals surface area contributed by atoms with Gasteiger partial charge in [-0.25, -0.2) is 4.98 Å². The van der Waals surface area contributed by atoms with Crippen LogP contribution in [0.25, 0.3) is 22.4 Å². The molecule has 5 rings (SSSR count). The van der Waals surface area contributed by atoms with Gasteiger partial charge in [-0.3, -0.25) is 4.79 Å². The van der Waals surface area contributed by atoms with Gasteiger partial charge >= 0.3 is 0 Å². The van der Waals surface area contributed by atoms with E-state index in [4.69, 9.17) is 21.3 Å². The van der Waals surface area contributed by atoms with E-state index in [9.17, 15) is 4.79 Å². The molecule has 6 heteroatoms. The largest absolute Gasteiger partial charge is 0.375 e. The molecule has 1 amide bonds. The fourth-order valence-corrected chi connectivity index (χ4v) is 4.20. The Kier molecular flexibility index (Phi) is 5.45. The second-order valence-corrected chi connectivity index (χ2v) is 7.99. The van der Waals surface area contributed by atoms with E-state index in [1.165, 1.54) is 0 Å². The molecular formula is C25H22ClN3O2. The Morgan fingerprint density at radius 2 is 1.81 bits per heavy atom. The topological polar surface area (TPSA) is 56.1 Å². The Bertz CT molecular complexity index is 1220. The summed E-state index contributed by atoms with van der Waals surface area (Å²) in [7, 11) is 0. The van der Waals surface area contributed by atoms with Crippen molar-refractivity contribution in [2.45, 2.75) is 25.1 Å². The van der Waals surface area contributed by atoms with Gasteiger partial charge in [0.2, 0.25) is 0 Å². The Morgan fingerprint density at radius 1 is 1.00 bits per heavy atom. The van der Waals surface area contributed by atoms with Gasteiger partial charge < -0.3 is 14.6 Å². The molecule has 0 bridgehead atoms. The van der Waals surface area contributed by atoms with Gasteiger partial charge in [-0.05, 0) is 23.3 Å². The predicted molar refractivity (Wildman–Crippen MR) is 122 cm³/mol. The summed E-state index contributed by atoms with van der Waals surface area (Å²) < 4.78 is 8.08. The number of nitrogens with one attached hydrogen (secondary N) is 1. The molecule has 0 spiro atoms. The molecule has 2 heterocycles. The number of hydrogen-bond acceptors (Lipinski definition) is 3. The maximum absolute atomic E-state index is 12.9. The standard InChI is InChI=1S/C25H22ClN3O2/c26-13-17-9-11-19(12-10-17)24-28-22-8-4-7-21-23(22)29(24)14-20(27-25(21)30)16-31-15-18-5-2-1-3-6-18/h1-12,20H,13-16H2,(H,27,30)/t20-/m1/s1. The zero-order valence-electron chi connectivity index (χ0n) is 16.9. The number of para-hydroxylation sites is 1. The number of carbonyl (C=O) groups is 1. The first kappa shape index (κ1) is 19.8. The molecule has 0 saturated heterocycles. The van der Waals surface area contributed by atoms with Crippen molar-refractivity contribution in [1.29, 1.82) is 0 Å². The van der Waals surface area contributed by atoms with Gasteiger partial charge in [0.05, 0.1) is 35.9 Å². The highest BCUT2D eigenvalue weighted by atomic mass is 35.5. The predicted octanol–water partition coefficient (Wildman–Crippen LogP) is 4.77. The van der Waals surface area contributed by atoms with Crippen molar-refractivity contribution in [3.05, 3.63) is 89.5 Å². The lowest BCUT2D eigenvalue weighted by Crippen LogP contribution is -2.39. The van der Waals surface area contributed by atoms with Crippen LogP contribution in [-0.2, 0) is 23.8 Å². The monoisotopic (exact) mass is 431 g/mol. The van der Waals surface area contributed by atoms with Crippen LogP contribution < -0.4 is 5.32 Å². The van der Waals surface area contributed by atoms with Crippen LogP contribution >= 0.6 is 11.6 Å². The molecule has 0 unspecified atom stereocenters. The fraction of sp³-hybridized carbons (Fsp3) is 0.200. The van der Waals surface area contributed by atoms with Crippen LogP contribution in [0.5, 0.6) is 0 Å². The number of amides is 1. The molecule has 0 aliphatic carbocycles. The normalized spacial score (nSPS) is 15.6. The maximum Gasteiger partial charge on any atom is 0.253 e. The highest BCUT2D eigenvalue weighted by molar-refractivity contribution is 6.17. The average Bonchev–Trinajstić information content (AvgIpc) is 3.10. The van der Waals surface area contributed by atoms with Gasteiger partial charge in [-0.15, -0.1) is 11.6 Å². The van der Waals surface area contributed by atoms with Crippen molar-refractivity contribution in [3.63, 3.8) is 0 Å². The second-order valence-electron chi connectivity index (χ2n) is 7.72. The smallest absolute Gasteiger partial charge is 0.253 e. The fourth-order valence-electron chi connectivity index (χ4n) is 4.03. The summed E-state index contributed by atoms with van der Waals surface area (Å²) in [5, 5.41) is 3.13.